The number of nitro groups is 1. The Kier molecular flexibility index (Phi) is 5.70. The second-order valence-electron chi connectivity index (χ2n) is 4.29. The van der Waals surface area contributed by atoms with E-state index >= 15 is 0 Å². The van der Waals surface area contributed by atoms with Gasteiger partial charge in [0, 0.05) is 19.2 Å². The van der Waals surface area contributed by atoms with Crippen molar-refractivity contribution in [3.8, 4) is 6.07 Å². The Morgan fingerprint density at radius 1 is 1.58 bits per heavy atom. The van der Waals surface area contributed by atoms with Gasteiger partial charge in [-0.3, -0.25) is 15.4 Å². The molecule has 0 spiro atoms. The number of halogens is 1. The van der Waals surface area contributed by atoms with E-state index in [1.54, 1.807) is 6.07 Å². The molecule has 0 saturated carbocycles. The first-order valence-electron chi connectivity index (χ1n) is 5.67. The van der Waals surface area contributed by atoms with E-state index in [-0.39, 0.29) is 10.7 Å². The number of likely N-dealkylation sites (N-methyl/N-ethyl adjacent to an activating group) is 1. The van der Waals surface area contributed by atoms with Gasteiger partial charge in [0.15, 0.2) is 0 Å². The molecule has 0 heterocycles. The molecule has 1 N–H and O–H groups in total. The van der Waals surface area contributed by atoms with Crippen LogP contribution in [-0.4, -0.2) is 37.0 Å². The van der Waals surface area contributed by atoms with Crippen LogP contribution >= 0.6 is 11.6 Å². The summed E-state index contributed by atoms with van der Waals surface area (Å²) in [5.41, 5.74) is 0.353. The smallest absolute Gasteiger partial charge is 0.288 e. The molecule has 1 unspecified atom stereocenters. The third-order valence-corrected chi connectivity index (χ3v) is 2.86. The van der Waals surface area contributed by atoms with Gasteiger partial charge in [0.05, 0.1) is 11.0 Å². The van der Waals surface area contributed by atoms with E-state index in [4.69, 9.17) is 16.9 Å². The van der Waals surface area contributed by atoms with Gasteiger partial charge in [-0.2, -0.15) is 5.26 Å². The molecule has 0 radical (unpaired) electrons. The maximum Gasteiger partial charge on any atom is 0.288 e. The number of nitrogens with zero attached hydrogens (tertiary/aromatic N) is 3. The minimum Gasteiger partial charge on any atom is -0.308 e. The van der Waals surface area contributed by atoms with Crippen molar-refractivity contribution in [1.82, 2.24) is 10.2 Å². The van der Waals surface area contributed by atoms with Gasteiger partial charge in [-0.15, -0.1) is 0 Å². The SMILES string of the molecule is CN(C)CCNC(C#N)c1ccc(Cl)c([N+](=O)[O-])c1. The van der Waals surface area contributed by atoms with Crippen LogP contribution in [0.1, 0.15) is 11.6 Å². The molecule has 0 aliphatic carbocycles. The average molecular weight is 283 g/mol. The summed E-state index contributed by atoms with van der Waals surface area (Å²) in [6.45, 7) is 1.38. The lowest BCUT2D eigenvalue weighted by molar-refractivity contribution is -0.384. The molecule has 7 heteroatoms. The Balaban J connectivity index is 2.85. The van der Waals surface area contributed by atoms with Crippen LogP contribution in [0.5, 0.6) is 0 Å². The van der Waals surface area contributed by atoms with Crippen molar-refractivity contribution in [1.29, 1.82) is 5.26 Å². The maximum atomic E-state index is 10.8. The molecule has 1 aromatic rings. The number of hydrogen-bond acceptors (Lipinski definition) is 5. The molecule has 0 bridgehead atoms. The molecular formula is C12H15ClN4O2. The topological polar surface area (TPSA) is 82.2 Å². The highest BCUT2D eigenvalue weighted by Gasteiger charge is 2.17. The van der Waals surface area contributed by atoms with Crippen molar-refractivity contribution >= 4 is 17.3 Å². The lowest BCUT2D eigenvalue weighted by Crippen LogP contribution is -2.29. The second kappa shape index (κ2) is 7.04. The molecule has 1 rings (SSSR count). The van der Waals surface area contributed by atoms with Gasteiger partial charge in [-0.1, -0.05) is 17.7 Å². The Morgan fingerprint density at radius 2 is 2.26 bits per heavy atom. The summed E-state index contributed by atoms with van der Waals surface area (Å²) < 4.78 is 0. The summed E-state index contributed by atoms with van der Waals surface area (Å²) in [5, 5.41) is 23.0. The number of nitriles is 1. The molecule has 19 heavy (non-hydrogen) atoms. The maximum absolute atomic E-state index is 10.8. The normalized spacial score (nSPS) is 12.2. The van der Waals surface area contributed by atoms with E-state index in [1.807, 2.05) is 19.0 Å². The fourth-order valence-electron chi connectivity index (χ4n) is 1.52. The van der Waals surface area contributed by atoms with Crippen LogP contribution in [0.4, 0.5) is 5.69 Å². The van der Waals surface area contributed by atoms with E-state index in [0.717, 1.165) is 6.54 Å². The lowest BCUT2D eigenvalue weighted by Gasteiger charge is -2.14. The van der Waals surface area contributed by atoms with Crippen LogP contribution < -0.4 is 5.32 Å². The highest BCUT2D eigenvalue weighted by Crippen LogP contribution is 2.27. The predicted molar refractivity (Wildman–Crippen MR) is 73.0 cm³/mol. The molecule has 0 aromatic heterocycles. The summed E-state index contributed by atoms with van der Waals surface area (Å²) in [5.74, 6) is 0. The van der Waals surface area contributed by atoms with Gasteiger partial charge in [0.2, 0.25) is 0 Å². The van der Waals surface area contributed by atoms with E-state index in [0.29, 0.717) is 12.1 Å². The number of nitro benzene ring substituents is 1. The largest absolute Gasteiger partial charge is 0.308 e. The second-order valence-corrected chi connectivity index (χ2v) is 4.69. The summed E-state index contributed by atoms with van der Waals surface area (Å²) in [6.07, 6.45) is 0. The molecule has 0 saturated heterocycles. The van der Waals surface area contributed by atoms with Crippen molar-refractivity contribution in [3.63, 3.8) is 0 Å². The zero-order valence-electron chi connectivity index (χ0n) is 10.8. The van der Waals surface area contributed by atoms with Crippen molar-refractivity contribution in [2.24, 2.45) is 0 Å². The first-order valence-corrected chi connectivity index (χ1v) is 6.05. The van der Waals surface area contributed by atoms with Gasteiger partial charge >= 0.3 is 0 Å². The molecular weight excluding hydrogens is 268 g/mol. The molecule has 0 fully saturated rings. The molecule has 0 amide bonds. The third kappa shape index (κ3) is 4.48. The first kappa shape index (κ1) is 15.4. The highest BCUT2D eigenvalue weighted by molar-refractivity contribution is 6.32. The van der Waals surface area contributed by atoms with Gasteiger partial charge in [0.1, 0.15) is 11.1 Å². The first-order chi connectivity index (χ1) is 8.95. The Labute approximate surface area is 116 Å². The molecule has 0 aliphatic rings. The van der Waals surface area contributed by atoms with E-state index in [2.05, 4.69) is 11.4 Å². The summed E-state index contributed by atoms with van der Waals surface area (Å²) >= 11 is 5.73. The van der Waals surface area contributed by atoms with Gasteiger partial charge in [0.25, 0.3) is 5.69 Å². The standard InChI is InChI=1S/C12H15ClN4O2/c1-16(2)6-5-15-11(8-14)9-3-4-10(13)12(7-9)17(18)19/h3-4,7,11,15H,5-6H2,1-2H3. The summed E-state index contributed by atoms with van der Waals surface area (Å²) in [7, 11) is 3.85. The summed E-state index contributed by atoms with van der Waals surface area (Å²) in [4.78, 5) is 12.2. The number of nitrogens with one attached hydrogen (secondary N) is 1. The monoisotopic (exact) mass is 282 g/mol. The van der Waals surface area contributed by atoms with Crippen LogP contribution in [0.2, 0.25) is 5.02 Å². The van der Waals surface area contributed by atoms with Crippen LogP contribution in [0.25, 0.3) is 0 Å². The van der Waals surface area contributed by atoms with Gasteiger partial charge < -0.3 is 4.90 Å². The Hall–Kier alpha value is -1.68. The Morgan fingerprint density at radius 3 is 2.79 bits per heavy atom. The number of rotatable bonds is 6. The minimum atomic E-state index is -0.587. The molecule has 102 valence electrons. The number of benzene rings is 1. The quantitative estimate of drug-likeness (QED) is 0.637. The lowest BCUT2D eigenvalue weighted by atomic mass is 10.1. The van der Waals surface area contributed by atoms with Gasteiger partial charge in [-0.25, -0.2) is 0 Å². The van der Waals surface area contributed by atoms with E-state index in [1.165, 1.54) is 12.1 Å². The van der Waals surface area contributed by atoms with Crippen molar-refractivity contribution in [3.05, 3.63) is 38.9 Å². The minimum absolute atomic E-state index is 0.0683. The van der Waals surface area contributed by atoms with Crippen molar-refractivity contribution < 1.29 is 4.92 Å². The van der Waals surface area contributed by atoms with Crippen LogP contribution in [0, 0.1) is 21.4 Å². The van der Waals surface area contributed by atoms with Crippen molar-refractivity contribution in [2.75, 3.05) is 27.2 Å². The average Bonchev–Trinajstić information content (AvgIpc) is 2.35. The highest BCUT2D eigenvalue weighted by atomic mass is 35.5. The van der Waals surface area contributed by atoms with Crippen LogP contribution in [-0.2, 0) is 0 Å². The van der Waals surface area contributed by atoms with Gasteiger partial charge in [-0.05, 0) is 25.7 Å². The molecule has 6 nitrogen and oxygen atoms in total. The van der Waals surface area contributed by atoms with E-state index < -0.39 is 11.0 Å². The fourth-order valence-corrected chi connectivity index (χ4v) is 1.71. The molecule has 1 atom stereocenters. The molecule has 0 aliphatic heterocycles. The predicted octanol–water partition coefficient (Wildman–Crippen LogP) is 1.96. The van der Waals surface area contributed by atoms with Crippen LogP contribution in [0.3, 0.4) is 0 Å². The van der Waals surface area contributed by atoms with E-state index in [9.17, 15) is 10.1 Å². The fraction of sp³-hybridized carbons (Fsp3) is 0.417. The molecule has 1 aromatic carbocycles. The Bertz CT molecular complexity index is 499. The van der Waals surface area contributed by atoms with Crippen molar-refractivity contribution in [2.45, 2.75) is 6.04 Å². The zero-order chi connectivity index (χ0) is 14.4. The third-order valence-electron chi connectivity index (χ3n) is 2.54. The number of hydrogen-bond donors (Lipinski definition) is 1. The zero-order valence-corrected chi connectivity index (χ0v) is 11.5. The summed E-state index contributed by atoms with van der Waals surface area (Å²) in [6, 6.07) is 5.88. The van der Waals surface area contributed by atoms with Crippen LogP contribution in [0.15, 0.2) is 18.2 Å².